The van der Waals surface area contributed by atoms with Crippen LogP contribution in [-0.2, 0) is 5.67 Å². The van der Waals surface area contributed by atoms with Crippen LogP contribution in [0, 0.1) is 0 Å². The minimum absolute atomic E-state index is 0.332. The molecule has 0 aliphatic rings. The third kappa shape index (κ3) is 2.88. The van der Waals surface area contributed by atoms with Crippen molar-refractivity contribution in [2.45, 2.75) is 11.7 Å². The number of halogens is 3. The molecule has 0 heterocycles. The van der Waals surface area contributed by atoms with Gasteiger partial charge < -0.3 is 11.1 Å². The zero-order valence-corrected chi connectivity index (χ0v) is 8.79. The van der Waals surface area contributed by atoms with Crippen LogP contribution in [0.2, 0.25) is 0 Å². The van der Waals surface area contributed by atoms with Crippen LogP contribution >= 0.6 is 0 Å². The molecule has 1 rings (SSSR count). The minimum atomic E-state index is -4.14. The predicted octanol–water partition coefficient (Wildman–Crippen LogP) is 1.07. The van der Waals surface area contributed by atoms with Crippen molar-refractivity contribution in [2.75, 3.05) is 6.54 Å². The summed E-state index contributed by atoms with van der Waals surface area (Å²) in [5.74, 6) is 0. The first-order valence-corrected chi connectivity index (χ1v) is 4.72. The fourth-order valence-corrected chi connectivity index (χ4v) is 1.32. The molecular formula is C10H12F3N3O. The van der Waals surface area contributed by atoms with Gasteiger partial charge in [-0.1, -0.05) is 30.3 Å². The molecular weight excluding hydrogens is 235 g/mol. The van der Waals surface area contributed by atoms with Gasteiger partial charge in [-0.15, -0.1) is 0 Å². The van der Waals surface area contributed by atoms with Crippen molar-refractivity contribution < 1.29 is 18.0 Å². The zero-order valence-electron chi connectivity index (χ0n) is 8.79. The molecule has 1 unspecified atom stereocenters. The number of amides is 2. The number of primary amides is 1. The Balaban J connectivity index is 3.07. The molecule has 0 aliphatic heterocycles. The monoisotopic (exact) mass is 247 g/mol. The Morgan fingerprint density at radius 1 is 1.24 bits per heavy atom. The van der Waals surface area contributed by atoms with E-state index in [4.69, 9.17) is 5.73 Å². The molecule has 0 saturated heterocycles. The van der Waals surface area contributed by atoms with Gasteiger partial charge in [0.2, 0.25) is 5.67 Å². The van der Waals surface area contributed by atoms with Gasteiger partial charge in [0.1, 0.15) is 0 Å². The molecule has 7 heteroatoms. The lowest BCUT2D eigenvalue weighted by Gasteiger charge is -2.30. The number of hydrogen-bond donors (Lipinski definition) is 3. The quantitative estimate of drug-likeness (QED) is 0.696. The smallest absolute Gasteiger partial charge is 0.339 e. The average molecular weight is 247 g/mol. The van der Waals surface area contributed by atoms with Crippen molar-refractivity contribution in [1.29, 1.82) is 0 Å². The number of nitrogens with one attached hydrogen (secondary N) is 1. The van der Waals surface area contributed by atoms with Crippen LogP contribution in [-0.4, -0.2) is 18.6 Å². The summed E-state index contributed by atoms with van der Waals surface area (Å²) < 4.78 is 40.5. The fraction of sp³-hybridized carbons (Fsp3) is 0.300. The Hall–Kier alpha value is -1.76. The number of carbonyl (C=O) groups is 1. The molecule has 0 saturated carbocycles. The van der Waals surface area contributed by atoms with E-state index >= 15 is 0 Å². The molecule has 1 atom stereocenters. The van der Waals surface area contributed by atoms with Crippen LogP contribution in [0.15, 0.2) is 30.3 Å². The summed E-state index contributed by atoms with van der Waals surface area (Å²) in [6, 6.07) is 1.38. The lowest BCUT2D eigenvalue weighted by Crippen LogP contribution is -2.55. The van der Waals surface area contributed by atoms with E-state index in [1.165, 1.54) is 12.1 Å². The van der Waals surface area contributed by atoms with Gasteiger partial charge in [0.25, 0.3) is 0 Å². The normalized spacial score (nSPS) is 15.1. The molecule has 0 radical (unpaired) electrons. The summed E-state index contributed by atoms with van der Waals surface area (Å²) in [5.41, 5.74) is 5.71. The Bertz CT molecular complexity index is 394. The molecule has 0 fully saturated rings. The molecule has 0 aliphatic carbocycles. The zero-order chi connectivity index (χ0) is 13.1. The highest BCUT2D eigenvalue weighted by atomic mass is 19.3. The fourth-order valence-electron chi connectivity index (χ4n) is 1.32. The second-order valence-electron chi connectivity index (χ2n) is 3.51. The van der Waals surface area contributed by atoms with Gasteiger partial charge in [-0.05, 0) is 5.56 Å². The van der Waals surface area contributed by atoms with Gasteiger partial charge in [0.15, 0.2) is 0 Å². The van der Waals surface area contributed by atoms with Crippen LogP contribution in [0.3, 0.4) is 0 Å². The molecule has 5 N–H and O–H groups in total. The molecule has 4 nitrogen and oxygen atoms in total. The van der Waals surface area contributed by atoms with Crippen molar-refractivity contribution in [3.63, 3.8) is 0 Å². The highest BCUT2D eigenvalue weighted by Gasteiger charge is 2.53. The van der Waals surface area contributed by atoms with Gasteiger partial charge in [-0.25, -0.2) is 9.18 Å². The molecule has 1 aromatic rings. The number of rotatable bonds is 4. The molecule has 2 amide bonds. The van der Waals surface area contributed by atoms with E-state index in [0.717, 1.165) is 12.1 Å². The number of alkyl halides is 3. The summed E-state index contributed by atoms with van der Waals surface area (Å²) in [6.45, 7) is -1.00. The first-order valence-electron chi connectivity index (χ1n) is 4.72. The van der Waals surface area contributed by atoms with Crippen molar-refractivity contribution in [2.24, 2.45) is 11.5 Å². The summed E-state index contributed by atoms with van der Waals surface area (Å²) in [4.78, 5) is 10.5. The van der Waals surface area contributed by atoms with Crippen molar-refractivity contribution in [1.82, 2.24) is 5.32 Å². The standard InChI is InChI=1S/C10H12F3N3O/c11-9(10(12,13)15,6-16-8(14)17)7-4-2-1-3-5-7/h1-5H,6,15H2,(H3,14,16,17). The molecule has 0 bridgehead atoms. The van der Waals surface area contributed by atoms with Crippen LogP contribution in [0.25, 0.3) is 0 Å². The molecule has 17 heavy (non-hydrogen) atoms. The van der Waals surface area contributed by atoms with Gasteiger partial charge in [0.05, 0.1) is 6.54 Å². The second kappa shape index (κ2) is 4.62. The number of urea groups is 1. The highest BCUT2D eigenvalue weighted by Crippen LogP contribution is 2.37. The van der Waals surface area contributed by atoms with Crippen LogP contribution in [0.1, 0.15) is 5.56 Å². The van der Waals surface area contributed by atoms with Crippen LogP contribution < -0.4 is 16.8 Å². The number of nitrogens with two attached hydrogens (primary N) is 2. The van der Waals surface area contributed by atoms with Crippen LogP contribution in [0.5, 0.6) is 0 Å². The topological polar surface area (TPSA) is 81.1 Å². The lowest BCUT2D eigenvalue weighted by molar-refractivity contribution is -0.136. The summed E-state index contributed by atoms with van der Waals surface area (Å²) in [6.07, 6.45) is 0. The lowest BCUT2D eigenvalue weighted by atomic mass is 9.93. The first-order chi connectivity index (χ1) is 7.77. The van der Waals surface area contributed by atoms with E-state index in [2.05, 4.69) is 5.73 Å². The maximum Gasteiger partial charge on any atom is 0.339 e. The summed E-state index contributed by atoms with van der Waals surface area (Å²) >= 11 is 0. The van der Waals surface area contributed by atoms with Crippen molar-refractivity contribution in [3.05, 3.63) is 35.9 Å². The third-order valence-corrected chi connectivity index (χ3v) is 2.27. The van der Waals surface area contributed by atoms with E-state index in [9.17, 15) is 18.0 Å². The Morgan fingerprint density at radius 3 is 2.18 bits per heavy atom. The first kappa shape index (κ1) is 13.3. The summed E-state index contributed by atoms with van der Waals surface area (Å²) in [5, 5.41) is 1.79. The SMILES string of the molecule is NC(=O)NCC(F)(c1ccccc1)C(N)(F)F. The van der Waals surface area contributed by atoms with E-state index in [0.29, 0.717) is 0 Å². The molecule has 1 aromatic carbocycles. The van der Waals surface area contributed by atoms with Gasteiger partial charge in [-0.2, -0.15) is 8.78 Å². The van der Waals surface area contributed by atoms with E-state index < -0.39 is 24.3 Å². The van der Waals surface area contributed by atoms with E-state index in [1.54, 1.807) is 11.4 Å². The Labute approximate surface area is 95.8 Å². The Morgan fingerprint density at radius 2 is 1.76 bits per heavy atom. The van der Waals surface area contributed by atoms with Gasteiger partial charge >= 0.3 is 12.1 Å². The van der Waals surface area contributed by atoms with Gasteiger partial charge in [-0.3, -0.25) is 5.73 Å². The number of carbonyl (C=O) groups excluding carboxylic acids is 1. The van der Waals surface area contributed by atoms with Crippen molar-refractivity contribution >= 4 is 6.03 Å². The molecule has 0 spiro atoms. The predicted molar refractivity (Wildman–Crippen MR) is 55.9 cm³/mol. The van der Waals surface area contributed by atoms with E-state index in [1.807, 2.05) is 0 Å². The Kier molecular flexibility index (Phi) is 3.62. The summed E-state index contributed by atoms with van der Waals surface area (Å²) in [7, 11) is 0. The highest BCUT2D eigenvalue weighted by molar-refractivity contribution is 5.71. The van der Waals surface area contributed by atoms with Gasteiger partial charge in [0, 0.05) is 0 Å². The molecule has 0 aromatic heterocycles. The van der Waals surface area contributed by atoms with Crippen molar-refractivity contribution in [3.8, 4) is 0 Å². The van der Waals surface area contributed by atoms with Crippen LogP contribution in [0.4, 0.5) is 18.0 Å². The number of hydrogen-bond acceptors (Lipinski definition) is 2. The number of benzene rings is 1. The average Bonchev–Trinajstić information content (AvgIpc) is 2.25. The largest absolute Gasteiger partial charge is 0.352 e. The molecule has 94 valence electrons. The maximum absolute atomic E-state index is 14.2. The maximum atomic E-state index is 14.2. The second-order valence-corrected chi connectivity index (χ2v) is 3.51. The minimum Gasteiger partial charge on any atom is -0.352 e. The van der Waals surface area contributed by atoms with E-state index in [-0.39, 0.29) is 5.56 Å². The third-order valence-electron chi connectivity index (χ3n) is 2.27.